The average molecular weight is 159 g/mol. The van der Waals surface area contributed by atoms with Gasteiger partial charge in [-0.05, 0) is 18.6 Å². The van der Waals surface area contributed by atoms with Gasteiger partial charge in [-0.25, -0.2) is 4.99 Å². The van der Waals surface area contributed by atoms with Gasteiger partial charge in [0.25, 0.3) is 0 Å². The number of nitrogens with zero attached hydrogens (tertiary/aromatic N) is 1. The highest BCUT2D eigenvalue weighted by Crippen LogP contribution is 1.84. The number of aliphatic imine (C=N–C) groups is 1. The van der Waals surface area contributed by atoms with Crippen LogP contribution < -0.4 is 0 Å². The number of hydrogen-bond donors (Lipinski definition) is 1. The van der Waals surface area contributed by atoms with Crippen molar-refractivity contribution < 1.29 is 0 Å². The van der Waals surface area contributed by atoms with Crippen molar-refractivity contribution in [2.24, 2.45) is 4.99 Å². The molecule has 0 N–H and O–H groups in total. The summed E-state index contributed by atoms with van der Waals surface area (Å²) in [6.45, 7) is 0.744. The van der Waals surface area contributed by atoms with Crippen molar-refractivity contribution in [2.75, 3.05) is 12.3 Å². The van der Waals surface area contributed by atoms with Crippen molar-refractivity contribution in [3.05, 3.63) is 12.2 Å². The highest BCUT2D eigenvalue weighted by Gasteiger charge is 1.73. The monoisotopic (exact) mass is 159 g/mol. The third-order valence-corrected chi connectivity index (χ3v) is 1.08. The van der Waals surface area contributed by atoms with Gasteiger partial charge in [-0.3, -0.25) is 0 Å². The molecule has 0 spiro atoms. The van der Waals surface area contributed by atoms with Crippen LogP contribution >= 0.6 is 24.8 Å². The SMILES string of the molecule is S=C=NCC/C=C/CS. The Morgan fingerprint density at radius 3 is 2.89 bits per heavy atom. The second-order valence-corrected chi connectivity index (χ2v) is 1.96. The maximum absolute atomic E-state index is 4.37. The minimum atomic E-state index is 0.744. The summed E-state index contributed by atoms with van der Waals surface area (Å²) in [5.74, 6) is 0.793. The Hall–Kier alpha value is -0.110. The molecule has 3 heteroatoms. The lowest BCUT2D eigenvalue weighted by Crippen LogP contribution is -1.73. The van der Waals surface area contributed by atoms with Crippen LogP contribution in [0.1, 0.15) is 6.42 Å². The fourth-order valence-electron chi connectivity index (χ4n) is 0.377. The standard InChI is InChI=1S/C6H9NS2/c8-5-3-1-2-4-7-6-9/h1,3,8H,2,4-5H2/b3-1+. The van der Waals surface area contributed by atoms with Crippen molar-refractivity contribution in [3.63, 3.8) is 0 Å². The zero-order valence-electron chi connectivity index (χ0n) is 5.08. The van der Waals surface area contributed by atoms with Crippen LogP contribution in [0.25, 0.3) is 0 Å². The van der Waals surface area contributed by atoms with E-state index in [0.717, 1.165) is 18.7 Å². The van der Waals surface area contributed by atoms with Gasteiger partial charge < -0.3 is 0 Å². The highest BCUT2D eigenvalue weighted by molar-refractivity contribution is 7.80. The van der Waals surface area contributed by atoms with Gasteiger partial charge in [-0.15, -0.1) is 0 Å². The van der Waals surface area contributed by atoms with Crippen LogP contribution in [-0.2, 0) is 0 Å². The Bertz CT molecular complexity index is 125. The first kappa shape index (κ1) is 8.89. The quantitative estimate of drug-likeness (QED) is 0.217. The Morgan fingerprint density at radius 2 is 2.33 bits per heavy atom. The van der Waals surface area contributed by atoms with Crippen LogP contribution in [-0.4, -0.2) is 17.5 Å². The number of hydrogen-bond acceptors (Lipinski definition) is 3. The minimum absolute atomic E-state index is 0.744. The van der Waals surface area contributed by atoms with Crippen LogP contribution in [0.2, 0.25) is 0 Å². The zero-order chi connectivity index (χ0) is 6.95. The van der Waals surface area contributed by atoms with Gasteiger partial charge >= 0.3 is 0 Å². The van der Waals surface area contributed by atoms with Crippen molar-refractivity contribution in [3.8, 4) is 0 Å². The normalized spacial score (nSPS) is 9.44. The van der Waals surface area contributed by atoms with Crippen LogP contribution in [0.3, 0.4) is 0 Å². The molecule has 0 unspecified atom stereocenters. The maximum Gasteiger partial charge on any atom is 0.0585 e. The van der Waals surface area contributed by atoms with Gasteiger partial charge in [0.2, 0.25) is 0 Å². The van der Waals surface area contributed by atoms with E-state index in [4.69, 9.17) is 0 Å². The summed E-state index contributed by atoms with van der Waals surface area (Å²) in [6.07, 6.45) is 4.95. The van der Waals surface area contributed by atoms with Crippen molar-refractivity contribution in [2.45, 2.75) is 6.42 Å². The molecule has 0 radical (unpaired) electrons. The van der Waals surface area contributed by atoms with Gasteiger partial charge in [-0.2, -0.15) is 12.6 Å². The fourth-order valence-corrected chi connectivity index (χ4v) is 0.617. The highest BCUT2D eigenvalue weighted by atomic mass is 32.1. The molecule has 0 aromatic heterocycles. The predicted octanol–water partition coefficient (Wildman–Crippen LogP) is 1.97. The Kier molecular flexibility index (Phi) is 7.79. The second kappa shape index (κ2) is 7.89. The van der Waals surface area contributed by atoms with Crippen LogP contribution in [0, 0.1) is 0 Å². The zero-order valence-corrected chi connectivity index (χ0v) is 6.79. The van der Waals surface area contributed by atoms with E-state index >= 15 is 0 Å². The summed E-state index contributed by atoms with van der Waals surface area (Å²) in [7, 11) is 0. The third-order valence-electron chi connectivity index (χ3n) is 0.744. The lowest BCUT2D eigenvalue weighted by Gasteiger charge is -1.81. The Morgan fingerprint density at radius 1 is 1.56 bits per heavy atom. The van der Waals surface area contributed by atoms with Crippen LogP contribution in [0.5, 0.6) is 0 Å². The first-order chi connectivity index (χ1) is 4.41. The number of isothiocyanates is 1. The molecule has 0 aromatic rings. The first-order valence-electron chi connectivity index (χ1n) is 2.71. The van der Waals surface area contributed by atoms with Crippen LogP contribution in [0.15, 0.2) is 17.1 Å². The van der Waals surface area contributed by atoms with E-state index in [9.17, 15) is 0 Å². The molecule has 0 heterocycles. The number of thiocarbonyl (C=S) groups is 1. The second-order valence-electron chi connectivity index (χ2n) is 1.42. The molecule has 0 rings (SSSR count). The van der Waals surface area contributed by atoms with Gasteiger partial charge in [-0.1, -0.05) is 12.2 Å². The van der Waals surface area contributed by atoms with E-state index in [-0.39, 0.29) is 0 Å². The molecule has 9 heavy (non-hydrogen) atoms. The van der Waals surface area contributed by atoms with Crippen molar-refractivity contribution in [1.82, 2.24) is 0 Å². The predicted molar refractivity (Wildman–Crippen MR) is 47.5 cm³/mol. The molecule has 0 aromatic carbocycles. The molecule has 0 atom stereocenters. The molecule has 0 fully saturated rings. The Balaban J connectivity index is 3.08. The summed E-state index contributed by atoms with van der Waals surface area (Å²) in [5, 5.41) is 2.30. The van der Waals surface area contributed by atoms with E-state index in [0.29, 0.717) is 0 Å². The van der Waals surface area contributed by atoms with E-state index in [1.54, 1.807) is 0 Å². The molecule has 0 bridgehead atoms. The smallest absolute Gasteiger partial charge is 0.0585 e. The Labute approximate surface area is 66.3 Å². The van der Waals surface area contributed by atoms with Gasteiger partial charge in [0.1, 0.15) is 0 Å². The molecule has 1 nitrogen and oxygen atoms in total. The summed E-state index contributed by atoms with van der Waals surface area (Å²) in [5.41, 5.74) is 0. The van der Waals surface area contributed by atoms with Crippen molar-refractivity contribution >= 4 is 30.0 Å². The van der Waals surface area contributed by atoms with E-state index in [1.165, 1.54) is 0 Å². The van der Waals surface area contributed by atoms with E-state index < -0.39 is 0 Å². The summed E-state index contributed by atoms with van der Waals surface area (Å²) < 4.78 is 0. The van der Waals surface area contributed by atoms with Crippen molar-refractivity contribution in [1.29, 1.82) is 0 Å². The van der Waals surface area contributed by atoms with E-state index in [2.05, 4.69) is 35.0 Å². The fraction of sp³-hybridized carbons (Fsp3) is 0.500. The average Bonchev–Trinajstić information content (AvgIpc) is 1.89. The van der Waals surface area contributed by atoms with Crippen LogP contribution in [0.4, 0.5) is 0 Å². The van der Waals surface area contributed by atoms with Gasteiger partial charge in [0, 0.05) is 5.75 Å². The third kappa shape index (κ3) is 7.89. The summed E-state index contributed by atoms with van der Waals surface area (Å²) >= 11 is 8.37. The molecule has 0 amide bonds. The lowest BCUT2D eigenvalue weighted by molar-refractivity contribution is 1.02. The summed E-state index contributed by atoms with van der Waals surface area (Å²) in [4.78, 5) is 3.73. The number of thiol groups is 1. The molecular formula is C6H9NS2. The van der Waals surface area contributed by atoms with E-state index in [1.807, 2.05) is 12.2 Å². The molecule has 0 saturated heterocycles. The minimum Gasteiger partial charge on any atom is -0.232 e. The molecule has 0 aliphatic carbocycles. The molecule has 50 valence electrons. The van der Waals surface area contributed by atoms with Gasteiger partial charge in [0.05, 0.1) is 11.7 Å². The maximum atomic E-state index is 4.37. The largest absolute Gasteiger partial charge is 0.232 e. The topological polar surface area (TPSA) is 12.4 Å². The first-order valence-corrected chi connectivity index (χ1v) is 3.75. The number of rotatable bonds is 4. The molecule has 0 saturated carbocycles. The lowest BCUT2D eigenvalue weighted by atomic mass is 10.4. The molecular weight excluding hydrogens is 150 g/mol. The van der Waals surface area contributed by atoms with Gasteiger partial charge in [0.15, 0.2) is 0 Å². The summed E-state index contributed by atoms with van der Waals surface area (Å²) in [6, 6.07) is 0. The molecule has 0 aliphatic rings. The molecule has 0 aliphatic heterocycles.